The van der Waals surface area contributed by atoms with Crippen LogP contribution < -0.4 is 30.2 Å². The van der Waals surface area contributed by atoms with E-state index in [0.29, 0.717) is 30.9 Å². The van der Waals surface area contributed by atoms with Crippen molar-refractivity contribution in [1.82, 2.24) is 16.0 Å². The van der Waals surface area contributed by atoms with E-state index >= 15 is 0 Å². The van der Waals surface area contributed by atoms with E-state index in [1.807, 2.05) is 24.3 Å². The largest absolute Gasteiger partial charge is 0.412 e. The lowest BCUT2D eigenvalue weighted by Crippen LogP contribution is -2.28. The van der Waals surface area contributed by atoms with Gasteiger partial charge in [0.25, 0.3) is 0 Å². The molecule has 0 saturated heterocycles. The van der Waals surface area contributed by atoms with Crippen LogP contribution in [0, 0.1) is 0 Å². The standard InChI is InChI=1S/C71H117N3O6/c1-4-7-10-13-16-19-22-25-28-31-34-37-40-43-46-49-58-72-69(75)78-66-56-54-64(55-57-66)52-53-65-61-67(79-70(76)73-59-50-47-44-41-38-35-32-29-26-23-20-17-14-11-8-5-2)63-68(62-65)80-71(77)74-60-51-48-45-42-39-36-33-30-27-24-21-18-15-12-9-6-3/h25-30,52-57,61-63H,4-24,31-51,58-60H2,1-3H3,(H,72,75)(H,73,76)(H,74,77)/b28-25+,29-26+,30-27+,53-52+. The van der Waals surface area contributed by atoms with Gasteiger partial charge in [-0.05, 0) is 132 Å². The van der Waals surface area contributed by atoms with Crippen molar-refractivity contribution in [3.63, 3.8) is 0 Å². The number of allylic oxidation sites excluding steroid dienone is 6. The molecular weight excluding hydrogens is 991 g/mol. The van der Waals surface area contributed by atoms with Crippen LogP contribution in [-0.4, -0.2) is 37.9 Å². The maximum absolute atomic E-state index is 13.0. The van der Waals surface area contributed by atoms with E-state index in [0.717, 1.165) is 56.9 Å². The minimum Gasteiger partial charge on any atom is -0.410 e. The van der Waals surface area contributed by atoms with Gasteiger partial charge in [-0.3, -0.25) is 0 Å². The third kappa shape index (κ3) is 45.9. The first-order valence-electron chi connectivity index (χ1n) is 33.2. The lowest BCUT2D eigenvalue weighted by atomic mass is 10.1. The van der Waals surface area contributed by atoms with E-state index in [-0.39, 0.29) is 11.5 Å². The van der Waals surface area contributed by atoms with E-state index in [4.69, 9.17) is 14.2 Å². The molecule has 0 bridgehead atoms. The predicted molar refractivity (Wildman–Crippen MR) is 342 cm³/mol. The number of benzene rings is 2. The third-order valence-corrected chi connectivity index (χ3v) is 14.8. The second-order valence-electron chi connectivity index (χ2n) is 22.4. The summed E-state index contributed by atoms with van der Waals surface area (Å²) < 4.78 is 17.0. The number of rotatable bonds is 53. The Kier molecular flexibility index (Phi) is 48.8. The molecule has 3 amide bonds. The maximum Gasteiger partial charge on any atom is 0.412 e. The summed E-state index contributed by atoms with van der Waals surface area (Å²) in [4.78, 5) is 38.4. The quantitative estimate of drug-likeness (QED) is 0.0345. The molecule has 452 valence electrons. The van der Waals surface area contributed by atoms with Crippen molar-refractivity contribution in [2.24, 2.45) is 0 Å². The van der Waals surface area contributed by atoms with Crippen molar-refractivity contribution in [2.75, 3.05) is 19.6 Å². The Morgan fingerprint density at radius 3 is 0.850 bits per heavy atom. The summed E-state index contributed by atoms with van der Waals surface area (Å²) in [5.74, 6) is 1.00. The highest BCUT2D eigenvalue weighted by Crippen LogP contribution is 2.26. The van der Waals surface area contributed by atoms with Crippen molar-refractivity contribution in [3.05, 3.63) is 90.0 Å². The summed E-state index contributed by atoms with van der Waals surface area (Å²) in [6, 6.07) is 12.3. The fourth-order valence-corrected chi connectivity index (χ4v) is 9.77. The van der Waals surface area contributed by atoms with Gasteiger partial charge in [0.15, 0.2) is 0 Å². The fraction of sp³-hybridized carbons (Fsp3) is 0.676. The van der Waals surface area contributed by atoms with E-state index in [1.54, 1.807) is 30.3 Å². The average molecular weight is 1110 g/mol. The predicted octanol–water partition coefficient (Wildman–Crippen LogP) is 22.2. The minimum absolute atomic E-state index is 0.272. The second-order valence-corrected chi connectivity index (χ2v) is 22.4. The Morgan fingerprint density at radius 2 is 0.550 bits per heavy atom. The number of hydrogen-bond donors (Lipinski definition) is 3. The van der Waals surface area contributed by atoms with Crippen molar-refractivity contribution < 1.29 is 28.6 Å². The van der Waals surface area contributed by atoms with Crippen LogP contribution in [0.25, 0.3) is 12.2 Å². The van der Waals surface area contributed by atoms with Gasteiger partial charge in [0.2, 0.25) is 0 Å². The van der Waals surface area contributed by atoms with Crippen molar-refractivity contribution in [3.8, 4) is 17.2 Å². The van der Waals surface area contributed by atoms with Crippen molar-refractivity contribution in [2.45, 2.75) is 290 Å². The molecule has 0 saturated carbocycles. The zero-order chi connectivity index (χ0) is 57.3. The van der Waals surface area contributed by atoms with Gasteiger partial charge < -0.3 is 30.2 Å². The SMILES string of the molecule is CCCCCCCC/C=C/CCCCCCCCNC(=O)Oc1ccc(/C=C/c2cc(OC(=O)NCCCCCCCC/C=C/CCCCCCCC)cc(OC(=O)NCCCCCCCC/C=C/CCCCCCCC)c2)cc1. The van der Waals surface area contributed by atoms with Crippen LogP contribution in [0.4, 0.5) is 14.4 Å². The van der Waals surface area contributed by atoms with Crippen LogP contribution in [0.3, 0.4) is 0 Å². The number of carbonyl (C=O) groups is 3. The molecule has 2 aromatic rings. The molecule has 0 aliphatic heterocycles. The van der Waals surface area contributed by atoms with Crippen LogP contribution in [0.15, 0.2) is 78.9 Å². The van der Waals surface area contributed by atoms with Crippen molar-refractivity contribution in [1.29, 1.82) is 0 Å². The summed E-state index contributed by atoms with van der Waals surface area (Å²) in [6.07, 6.45) is 68.4. The highest BCUT2D eigenvalue weighted by molar-refractivity contribution is 5.76. The number of nitrogens with one attached hydrogen (secondary N) is 3. The Bertz CT molecular complexity index is 1810. The summed E-state index contributed by atoms with van der Waals surface area (Å²) in [5.41, 5.74) is 1.56. The lowest BCUT2D eigenvalue weighted by molar-refractivity contribution is 0.197. The van der Waals surface area contributed by atoms with Gasteiger partial charge in [0, 0.05) is 25.7 Å². The molecule has 3 N–H and O–H groups in total. The molecule has 0 fully saturated rings. The Balaban J connectivity index is 1.77. The Labute approximate surface area is 490 Å². The topological polar surface area (TPSA) is 115 Å². The zero-order valence-electron chi connectivity index (χ0n) is 51.4. The molecular formula is C71H117N3O6. The summed E-state index contributed by atoms with van der Waals surface area (Å²) >= 11 is 0. The summed E-state index contributed by atoms with van der Waals surface area (Å²) in [5, 5.41) is 8.67. The van der Waals surface area contributed by atoms with Crippen LogP contribution >= 0.6 is 0 Å². The molecule has 9 nitrogen and oxygen atoms in total. The molecule has 0 aromatic heterocycles. The van der Waals surface area contributed by atoms with E-state index in [1.165, 1.54) is 218 Å². The molecule has 0 unspecified atom stereocenters. The van der Waals surface area contributed by atoms with Crippen LogP contribution in [0.2, 0.25) is 0 Å². The maximum atomic E-state index is 13.0. The molecule has 80 heavy (non-hydrogen) atoms. The molecule has 0 spiro atoms. The molecule has 0 heterocycles. The Hall–Kier alpha value is -4.79. The van der Waals surface area contributed by atoms with Crippen LogP contribution in [-0.2, 0) is 0 Å². The number of carbonyl (C=O) groups excluding carboxylic acids is 3. The Morgan fingerprint density at radius 1 is 0.300 bits per heavy atom. The highest BCUT2D eigenvalue weighted by atomic mass is 16.6. The molecule has 0 radical (unpaired) electrons. The van der Waals surface area contributed by atoms with Gasteiger partial charge in [0.05, 0.1) is 0 Å². The molecule has 0 aliphatic rings. The molecule has 0 aliphatic carbocycles. The second kappa shape index (κ2) is 54.8. The normalized spacial score (nSPS) is 11.6. The van der Waals surface area contributed by atoms with Gasteiger partial charge >= 0.3 is 18.3 Å². The molecule has 2 rings (SSSR count). The van der Waals surface area contributed by atoms with E-state index in [2.05, 4.69) is 73.2 Å². The number of ether oxygens (including phenoxy) is 3. The van der Waals surface area contributed by atoms with E-state index < -0.39 is 18.3 Å². The lowest BCUT2D eigenvalue weighted by Gasteiger charge is -2.11. The highest BCUT2D eigenvalue weighted by Gasteiger charge is 2.11. The van der Waals surface area contributed by atoms with Gasteiger partial charge in [0.1, 0.15) is 17.2 Å². The summed E-state index contributed by atoms with van der Waals surface area (Å²) in [6.45, 7) is 8.45. The number of unbranched alkanes of at least 4 members (excludes halogenated alkanes) is 36. The first-order valence-corrected chi connectivity index (χ1v) is 33.2. The smallest absolute Gasteiger partial charge is 0.410 e. The first-order chi connectivity index (χ1) is 39.4. The fourth-order valence-electron chi connectivity index (χ4n) is 9.77. The first kappa shape index (κ1) is 71.3. The summed E-state index contributed by atoms with van der Waals surface area (Å²) in [7, 11) is 0. The van der Waals surface area contributed by atoms with Crippen LogP contribution in [0.5, 0.6) is 17.2 Å². The molecule has 9 heteroatoms. The monoisotopic (exact) mass is 1110 g/mol. The molecule has 0 atom stereocenters. The number of hydrogen-bond acceptors (Lipinski definition) is 6. The van der Waals surface area contributed by atoms with Gasteiger partial charge in [-0.25, -0.2) is 14.4 Å². The van der Waals surface area contributed by atoms with Gasteiger partial charge in [-0.15, -0.1) is 0 Å². The van der Waals surface area contributed by atoms with Gasteiger partial charge in [-0.2, -0.15) is 0 Å². The van der Waals surface area contributed by atoms with E-state index in [9.17, 15) is 14.4 Å². The zero-order valence-corrected chi connectivity index (χ0v) is 51.4. The minimum atomic E-state index is -0.545. The average Bonchev–Trinajstić information content (AvgIpc) is 3.45. The van der Waals surface area contributed by atoms with Crippen LogP contribution in [0.1, 0.15) is 302 Å². The number of amides is 3. The van der Waals surface area contributed by atoms with Gasteiger partial charge in [-0.1, -0.05) is 255 Å². The van der Waals surface area contributed by atoms with Crippen molar-refractivity contribution >= 4 is 30.4 Å². The molecule has 2 aromatic carbocycles. The third-order valence-electron chi connectivity index (χ3n) is 14.8.